The van der Waals surface area contributed by atoms with Gasteiger partial charge in [0, 0.05) is 68.8 Å². The van der Waals surface area contributed by atoms with E-state index in [1.54, 1.807) is 69.0 Å². The molecule has 0 saturated heterocycles. The van der Waals surface area contributed by atoms with Crippen LogP contribution in [0.4, 0.5) is 17.2 Å². The van der Waals surface area contributed by atoms with Crippen molar-refractivity contribution in [2.75, 3.05) is 45.1 Å². The number of carbonyl (C=O) groups is 3. The van der Waals surface area contributed by atoms with E-state index in [1.807, 2.05) is 6.07 Å². The van der Waals surface area contributed by atoms with Gasteiger partial charge in [0.2, 0.25) is 5.91 Å². The summed E-state index contributed by atoms with van der Waals surface area (Å²) < 4.78 is 12.5. The molecular formula is C33H36N8O6. The predicted molar refractivity (Wildman–Crippen MR) is 175 cm³/mol. The van der Waals surface area contributed by atoms with Crippen LogP contribution in [-0.2, 0) is 23.1 Å². The molecule has 3 aromatic heterocycles. The summed E-state index contributed by atoms with van der Waals surface area (Å²) in [6, 6.07) is 13.8. The zero-order valence-corrected chi connectivity index (χ0v) is 26.6. The molecule has 0 radical (unpaired) electrons. The summed E-state index contributed by atoms with van der Waals surface area (Å²) in [5.41, 5.74) is 2.67. The highest BCUT2D eigenvalue weighted by Gasteiger charge is 2.30. The smallest absolute Gasteiger partial charge is 0.273 e. The van der Waals surface area contributed by atoms with Crippen LogP contribution in [0.3, 0.4) is 0 Å². The Morgan fingerprint density at radius 3 is 2.53 bits per heavy atom. The van der Waals surface area contributed by atoms with Crippen LogP contribution in [0.25, 0.3) is 11.1 Å². The lowest BCUT2D eigenvalue weighted by Crippen LogP contribution is -2.36. The van der Waals surface area contributed by atoms with Gasteiger partial charge in [0.15, 0.2) is 11.5 Å². The molecular weight excluding hydrogens is 604 g/mol. The fourth-order valence-electron chi connectivity index (χ4n) is 4.91. The number of pyridine rings is 2. The second kappa shape index (κ2) is 14.6. The van der Waals surface area contributed by atoms with Gasteiger partial charge >= 0.3 is 0 Å². The number of ether oxygens (including phenoxy) is 2. The Morgan fingerprint density at radius 2 is 1.85 bits per heavy atom. The van der Waals surface area contributed by atoms with Gasteiger partial charge in [-0.05, 0) is 31.0 Å². The Kier molecular flexibility index (Phi) is 10.2. The van der Waals surface area contributed by atoms with Crippen LogP contribution in [0, 0.1) is 5.92 Å². The SMILES string of the molecule is CNC(=O)c1nnc(NC(=O)C2CC2)cc1Nc1cccc(-c2ccc(C(=O)N(CCOC)Cc3cccn(C)c3=O)nc2)c1OC. The van der Waals surface area contributed by atoms with E-state index >= 15 is 0 Å². The van der Waals surface area contributed by atoms with Gasteiger partial charge in [0.25, 0.3) is 17.4 Å². The van der Waals surface area contributed by atoms with Crippen molar-refractivity contribution in [1.29, 1.82) is 0 Å². The third kappa shape index (κ3) is 7.61. The largest absolute Gasteiger partial charge is 0.494 e. The van der Waals surface area contributed by atoms with Gasteiger partial charge in [0.05, 0.1) is 31.6 Å². The van der Waals surface area contributed by atoms with Crippen molar-refractivity contribution >= 4 is 34.9 Å². The van der Waals surface area contributed by atoms with E-state index in [9.17, 15) is 19.2 Å². The van der Waals surface area contributed by atoms with E-state index in [4.69, 9.17) is 9.47 Å². The molecule has 14 nitrogen and oxygen atoms in total. The maximum atomic E-state index is 13.5. The first-order valence-corrected chi connectivity index (χ1v) is 15.0. The standard InChI is InChI=1S/C33H36N8O6/c1-34-31(43)28-26(17-27(38-39-28)37-30(42)20-10-11-20)36-24-9-5-8-23(29(24)47-4)21-12-13-25(35-18-21)33(45)41(15-16-46-3)19-22-7-6-14-40(2)32(22)44/h5-9,12-14,17-18,20H,10-11,15-16,19H2,1-4H3,(H,34,43)(H2,36,37,38,42). The number of hydrogen-bond acceptors (Lipinski definition) is 10. The number of para-hydroxylation sites is 1. The van der Waals surface area contributed by atoms with Crippen molar-refractivity contribution in [2.24, 2.45) is 13.0 Å². The Balaban J connectivity index is 1.41. The molecule has 0 atom stereocenters. The molecule has 0 bridgehead atoms. The first-order chi connectivity index (χ1) is 22.7. The summed E-state index contributed by atoms with van der Waals surface area (Å²) in [7, 11) is 6.21. The number of benzene rings is 1. The van der Waals surface area contributed by atoms with Gasteiger partial charge in [-0.15, -0.1) is 10.2 Å². The fourth-order valence-corrected chi connectivity index (χ4v) is 4.91. The highest BCUT2D eigenvalue weighted by atomic mass is 16.5. The van der Waals surface area contributed by atoms with Crippen LogP contribution in [0.5, 0.6) is 5.75 Å². The van der Waals surface area contributed by atoms with Crippen molar-refractivity contribution in [2.45, 2.75) is 19.4 Å². The number of hydrogen-bond donors (Lipinski definition) is 3. The van der Waals surface area contributed by atoms with Gasteiger partial charge in [-0.3, -0.25) is 24.2 Å². The quantitative estimate of drug-likeness (QED) is 0.197. The minimum Gasteiger partial charge on any atom is -0.494 e. The molecule has 47 heavy (non-hydrogen) atoms. The lowest BCUT2D eigenvalue weighted by Gasteiger charge is -2.22. The summed E-state index contributed by atoms with van der Waals surface area (Å²) in [4.78, 5) is 57.1. The highest BCUT2D eigenvalue weighted by molar-refractivity contribution is 6.00. The van der Waals surface area contributed by atoms with Crippen molar-refractivity contribution in [1.82, 2.24) is 30.0 Å². The molecule has 14 heteroatoms. The van der Waals surface area contributed by atoms with Crippen LogP contribution >= 0.6 is 0 Å². The van der Waals surface area contributed by atoms with E-state index < -0.39 is 5.91 Å². The lowest BCUT2D eigenvalue weighted by molar-refractivity contribution is -0.117. The second-order valence-corrected chi connectivity index (χ2v) is 10.9. The Hall–Kier alpha value is -5.63. The summed E-state index contributed by atoms with van der Waals surface area (Å²) in [6.45, 7) is 0.664. The van der Waals surface area contributed by atoms with Crippen molar-refractivity contribution in [3.8, 4) is 16.9 Å². The van der Waals surface area contributed by atoms with Gasteiger partial charge in [-0.25, -0.2) is 0 Å². The van der Waals surface area contributed by atoms with Crippen LogP contribution in [0.2, 0.25) is 0 Å². The molecule has 0 spiro atoms. The van der Waals surface area contributed by atoms with Crippen LogP contribution < -0.4 is 26.2 Å². The number of anilines is 3. The Bertz CT molecular complexity index is 1840. The molecule has 0 unspecified atom stereocenters. The van der Waals surface area contributed by atoms with Crippen LogP contribution in [-0.4, -0.2) is 76.8 Å². The molecule has 0 aliphatic heterocycles. The van der Waals surface area contributed by atoms with Crippen LogP contribution in [0.15, 0.2) is 65.7 Å². The molecule has 5 rings (SSSR count). The third-order valence-corrected chi connectivity index (χ3v) is 7.63. The number of carbonyl (C=O) groups excluding carboxylic acids is 3. The Labute approximate surface area is 271 Å². The second-order valence-electron chi connectivity index (χ2n) is 10.9. The Morgan fingerprint density at radius 1 is 1.04 bits per heavy atom. The summed E-state index contributed by atoms with van der Waals surface area (Å²) >= 11 is 0. The highest BCUT2D eigenvalue weighted by Crippen LogP contribution is 2.38. The zero-order valence-electron chi connectivity index (χ0n) is 26.6. The molecule has 1 saturated carbocycles. The molecule has 3 heterocycles. The third-order valence-electron chi connectivity index (χ3n) is 7.63. The van der Waals surface area contributed by atoms with Crippen molar-refractivity contribution < 1.29 is 23.9 Å². The normalized spacial score (nSPS) is 12.3. The summed E-state index contributed by atoms with van der Waals surface area (Å²) in [6.07, 6.45) is 4.89. The minimum atomic E-state index is -0.466. The van der Waals surface area contributed by atoms with E-state index in [0.29, 0.717) is 33.8 Å². The van der Waals surface area contributed by atoms with Crippen molar-refractivity contribution in [3.05, 3.63) is 88.2 Å². The molecule has 3 amide bonds. The monoisotopic (exact) mass is 640 g/mol. The topological polar surface area (TPSA) is 170 Å². The number of methoxy groups -OCH3 is 2. The molecule has 244 valence electrons. The maximum Gasteiger partial charge on any atom is 0.273 e. The van der Waals surface area contributed by atoms with Gasteiger partial charge in [-0.1, -0.05) is 24.3 Å². The average molecular weight is 641 g/mol. The van der Waals surface area contributed by atoms with Crippen LogP contribution in [0.1, 0.15) is 39.4 Å². The van der Waals surface area contributed by atoms with Gasteiger partial charge in [0.1, 0.15) is 11.4 Å². The predicted octanol–water partition coefficient (Wildman–Crippen LogP) is 2.99. The maximum absolute atomic E-state index is 13.5. The number of rotatable bonds is 13. The van der Waals surface area contributed by atoms with Gasteiger partial charge < -0.3 is 34.9 Å². The molecule has 1 aliphatic carbocycles. The summed E-state index contributed by atoms with van der Waals surface area (Å²) in [5.74, 6) is -0.337. The first kappa shape index (κ1) is 32.8. The first-order valence-electron chi connectivity index (χ1n) is 15.0. The van der Waals surface area contributed by atoms with E-state index in [1.165, 1.54) is 23.6 Å². The number of nitrogens with one attached hydrogen (secondary N) is 3. The lowest BCUT2D eigenvalue weighted by atomic mass is 10.0. The molecule has 1 aromatic carbocycles. The van der Waals surface area contributed by atoms with Crippen molar-refractivity contribution in [3.63, 3.8) is 0 Å². The number of amides is 3. The van der Waals surface area contributed by atoms with E-state index in [-0.39, 0.29) is 60.2 Å². The minimum absolute atomic E-state index is 0.0280. The van der Waals surface area contributed by atoms with Gasteiger partial charge in [-0.2, -0.15) is 0 Å². The number of aryl methyl sites for hydroxylation is 1. The fraction of sp³-hybridized carbons (Fsp3) is 0.303. The number of nitrogens with zero attached hydrogens (tertiary/aromatic N) is 5. The molecule has 1 aliphatic rings. The van der Waals surface area contributed by atoms with E-state index in [0.717, 1.165) is 12.8 Å². The molecule has 4 aromatic rings. The molecule has 3 N–H and O–H groups in total. The molecule has 1 fully saturated rings. The van der Waals surface area contributed by atoms with E-state index in [2.05, 4.69) is 31.1 Å². The summed E-state index contributed by atoms with van der Waals surface area (Å²) in [5, 5.41) is 16.6. The zero-order chi connectivity index (χ0) is 33.5. The average Bonchev–Trinajstić information content (AvgIpc) is 3.94. The number of aromatic nitrogens is 4.